The van der Waals surface area contributed by atoms with E-state index in [1.807, 2.05) is 6.07 Å². The highest BCUT2D eigenvalue weighted by atomic mass is 79.9. The lowest BCUT2D eigenvalue weighted by Crippen LogP contribution is -2.29. The van der Waals surface area contributed by atoms with Gasteiger partial charge in [0.15, 0.2) is 0 Å². The zero-order chi connectivity index (χ0) is 14.3. The molecular weight excluding hydrogens is 342 g/mol. The van der Waals surface area contributed by atoms with Crippen LogP contribution >= 0.6 is 15.9 Å². The molecule has 1 aromatic carbocycles. The first-order chi connectivity index (χ1) is 9.48. The maximum Gasteiger partial charge on any atom is 0.265 e. The molecule has 7 heteroatoms. The number of pyridine rings is 1. The Kier molecular flexibility index (Phi) is 3.18. The second-order valence-corrected chi connectivity index (χ2v) is 7.33. The number of sulfonamides is 1. The van der Waals surface area contributed by atoms with Crippen LogP contribution in [0.3, 0.4) is 0 Å². The summed E-state index contributed by atoms with van der Waals surface area (Å²) in [6.45, 7) is 0.424. The van der Waals surface area contributed by atoms with Crippen LogP contribution in [0.1, 0.15) is 5.56 Å². The van der Waals surface area contributed by atoms with Crippen molar-refractivity contribution in [1.29, 1.82) is 0 Å². The molecule has 0 saturated heterocycles. The third kappa shape index (κ3) is 2.16. The van der Waals surface area contributed by atoms with Crippen LogP contribution in [0.25, 0.3) is 0 Å². The molecule has 2 aromatic rings. The molecule has 3 rings (SSSR count). The van der Waals surface area contributed by atoms with Gasteiger partial charge in [0.2, 0.25) is 0 Å². The lowest BCUT2D eigenvalue weighted by molar-refractivity contribution is 0.592. The number of fused-ring (bicyclic) bond motifs is 1. The van der Waals surface area contributed by atoms with E-state index >= 15 is 0 Å². The summed E-state index contributed by atoms with van der Waals surface area (Å²) < 4.78 is 27.4. The number of rotatable bonds is 2. The van der Waals surface area contributed by atoms with E-state index in [1.54, 1.807) is 24.4 Å². The average molecular weight is 354 g/mol. The molecule has 5 nitrogen and oxygen atoms in total. The van der Waals surface area contributed by atoms with E-state index in [4.69, 9.17) is 5.73 Å². The highest BCUT2D eigenvalue weighted by molar-refractivity contribution is 9.10. The first-order valence-electron chi connectivity index (χ1n) is 6.00. The number of anilines is 2. The van der Waals surface area contributed by atoms with Gasteiger partial charge in [-0.3, -0.25) is 9.29 Å². The molecule has 20 heavy (non-hydrogen) atoms. The first kappa shape index (κ1) is 13.4. The zero-order valence-electron chi connectivity index (χ0n) is 10.5. The number of halogens is 1. The monoisotopic (exact) mass is 353 g/mol. The fourth-order valence-corrected chi connectivity index (χ4v) is 4.31. The fourth-order valence-electron chi connectivity index (χ4n) is 2.30. The highest BCUT2D eigenvalue weighted by Gasteiger charge is 2.31. The highest BCUT2D eigenvalue weighted by Crippen LogP contribution is 2.34. The minimum Gasteiger partial charge on any atom is -0.399 e. The quantitative estimate of drug-likeness (QED) is 0.839. The van der Waals surface area contributed by atoms with Crippen molar-refractivity contribution in [2.24, 2.45) is 0 Å². The molecule has 2 heterocycles. The van der Waals surface area contributed by atoms with Crippen LogP contribution < -0.4 is 10.0 Å². The molecule has 104 valence electrons. The van der Waals surface area contributed by atoms with Crippen LogP contribution in [0, 0.1) is 0 Å². The van der Waals surface area contributed by atoms with E-state index in [1.165, 1.54) is 10.5 Å². The van der Waals surface area contributed by atoms with Crippen LogP contribution in [0.15, 0.2) is 46.0 Å². The van der Waals surface area contributed by atoms with Gasteiger partial charge in [0, 0.05) is 29.1 Å². The van der Waals surface area contributed by atoms with Gasteiger partial charge in [0.1, 0.15) is 4.90 Å². The summed E-state index contributed by atoms with van der Waals surface area (Å²) in [6.07, 6.45) is 3.58. The Morgan fingerprint density at radius 3 is 2.80 bits per heavy atom. The van der Waals surface area contributed by atoms with Gasteiger partial charge in [0.25, 0.3) is 10.0 Å². The van der Waals surface area contributed by atoms with Crippen molar-refractivity contribution in [1.82, 2.24) is 4.98 Å². The molecule has 0 saturated carbocycles. The molecule has 0 spiro atoms. The Morgan fingerprint density at radius 1 is 1.25 bits per heavy atom. The average Bonchev–Trinajstić information content (AvgIpc) is 2.82. The van der Waals surface area contributed by atoms with Gasteiger partial charge in [-0.05, 0) is 52.2 Å². The van der Waals surface area contributed by atoms with Crippen molar-refractivity contribution in [3.05, 3.63) is 46.7 Å². The summed E-state index contributed by atoms with van der Waals surface area (Å²) in [5, 5.41) is 0. The maximum absolute atomic E-state index is 12.7. The zero-order valence-corrected chi connectivity index (χ0v) is 12.9. The number of aromatic nitrogens is 1. The Morgan fingerprint density at radius 2 is 2.05 bits per heavy atom. The van der Waals surface area contributed by atoms with Gasteiger partial charge in [-0.15, -0.1) is 0 Å². The van der Waals surface area contributed by atoms with E-state index in [0.717, 1.165) is 5.56 Å². The van der Waals surface area contributed by atoms with Gasteiger partial charge >= 0.3 is 0 Å². The smallest absolute Gasteiger partial charge is 0.265 e. The predicted octanol–water partition coefficient (Wildman–Crippen LogP) is 2.18. The summed E-state index contributed by atoms with van der Waals surface area (Å²) >= 11 is 3.24. The van der Waals surface area contributed by atoms with Crippen LogP contribution in [0.5, 0.6) is 0 Å². The lowest BCUT2D eigenvalue weighted by Gasteiger charge is -2.19. The summed E-state index contributed by atoms with van der Waals surface area (Å²) in [5.74, 6) is 0. The largest absolute Gasteiger partial charge is 0.399 e. The molecule has 0 amide bonds. The van der Waals surface area contributed by atoms with Crippen molar-refractivity contribution in [2.75, 3.05) is 16.6 Å². The molecule has 1 aliphatic heterocycles. The second-order valence-electron chi connectivity index (χ2n) is 4.55. The van der Waals surface area contributed by atoms with Crippen molar-refractivity contribution in [2.45, 2.75) is 11.3 Å². The van der Waals surface area contributed by atoms with E-state index < -0.39 is 10.0 Å². The van der Waals surface area contributed by atoms with Crippen molar-refractivity contribution >= 4 is 37.3 Å². The molecule has 1 aliphatic rings. The van der Waals surface area contributed by atoms with Crippen LogP contribution in [0.2, 0.25) is 0 Å². The topological polar surface area (TPSA) is 76.3 Å². The summed E-state index contributed by atoms with van der Waals surface area (Å²) in [4.78, 5) is 4.10. The van der Waals surface area contributed by atoms with Gasteiger partial charge in [-0.25, -0.2) is 8.42 Å². The molecule has 0 fully saturated rings. The SMILES string of the molecule is Nc1ccc2c(c1)CCN2S(=O)(=O)c1cncc(Br)c1. The second kappa shape index (κ2) is 4.75. The van der Waals surface area contributed by atoms with Crippen LogP contribution in [-0.2, 0) is 16.4 Å². The Labute approximate surface area is 125 Å². The maximum atomic E-state index is 12.7. The minimum atomic E-state index is -3.59. The number of nitrogens with zero attached hydrogens (tertiary/aromatic N) is 2. The number of hydrogen-bond acceptors (Lipinski definition) is 4. The van der Waals surface area contributed by atoms with E-state index in [2.05, 4.69) is 20.9 Å². The van der Waals surface area contributed by atoms with E-state index in [-0.39, 0.29) is 4.90 Å². The molecular formula is C13H12BrN3O2S. The first-order valence-corrected chi connectivity index (χ1v) is 8.23. The number of benzene rings is 1. The predicted molar refractivity (Wildman–Crippen MR) is 81.0 cm³/mol. The van der Waals surface area contributed by atoms with Crippen molar-refractivity contribution in [3.8, 4) is 0 Å². The molecule has 2 N–H and O–H groups in total. The fraction of sp³-hybridized carbons (Fsp3) is 0.154. The van der Waals surface area contributed by atoms with E-state index in [9.17, 15) is 8.42 Å². The summed E-state index contributed by atoms with van der Waals surface area (Å²) in [7, 11) is -3.59. The number of nitrogen functional groups attached to an aromatic ring is 1. The van der Waals surface area contributed by atoms with Crippen LogP contribution in [0.4, 0.5) is 11.4 Å². The normalized spacial score (nSPS) is 14.3. The summed E-state index contributed by atoms with van der Waals surface area (Å²) in [5.41, 5.74) is 8.03. The van der Waals surface area contributed by atoms with Crippen molar-refractivity contribution in [3.63, 3.8) is 0 Å². The molecule has 0 atom stereocenters. The summed E-state index contributed by atoms with van der Waals surface area (Å²) in [6, 6.07) is 6.84. The van der Waals surface area contributed by atoms with Gasteiger partial charge < -0.3 is 5.73 Å². The minimum absolute atomic E-state index is 0.177. The van der Waals surface area contributed by atoms with Crippen molar-refractivity contribution < 1.29 is 8.42 Å². The number of nitrogens with two attached hydrogens (primary N) is 1. The van der Waals surface area contributed by atoms with Gasteiger partial charge in [-0.1, -0.05) is 0 Å². The lowest BCUT2D eigenvalue weighted by atomic mass is 10.1. The third-order valence-electron chi connectivity index (χ3n) is 3.22. The Bertz CT molecular complexity index is 777. The van der Waals surface area contributed by atoms with Gasteiger partial charge in [-0.2, -0.15) is 0 Å². The molecule has 0 aliphatic carbocycles. The van der Waals surface area contributed by atoms with Gasteiger partial charge in [0.05, 0.1) is 5.69 Å². The third-order valence-corrected chi connectivity index (χ3v) is 5.44. The standard InChI is InChI=1S/C13H12BrN3O2S/c14-10-6-12(8-16-7-10)20(18,19)17-4-3-9-5-11(15)1-2-13(9)17/h1-2,5-8H,3-4,15H2. The molecule has 0 unspecified atom stereocenters. The molecule has 0 bridgehead atoms. The molecule has 0 radical (unpaired) electrons. The molecule has 1 aromatic heterocycles. The Hall–Kier alpha value is -1.60. The number of hydrogen-bond donors (Lipinski definition) is 1. The van der Waals surface area contributed by atoms with Crippen LogP contribution in [-0.4, -0.2) is 19.9 Å². The van der Waals surface area contributed by atoms with E-state index in [0.29, 0.717) is 28.8 Å². The Balaban J connectivity index is 2.07.